The summed E-state index contributed by atoms with van der Waals surface area (Å²) in [5, 5.41) is 13.9. The SMILES string of the molecule is CC(C)(C)C(=O)NCc1ccc(C(=O)NCCOCC(=O)O)cc1. The molecule has 24 heavy (non-hydrogen) atoms. The molecule has 1 aromatic rings. The Hall–Kier alpha value is -2.41. The zero-order valence-electron chi connectivity index (χ0n) is 14.2. The Balaban J connectivity index is 2.39. The normalized spacial score (nSPS) is 11.0. The lowest BCUT2D eigenvalue weighted by Gasteiger charge is -2.17. The molecule has 0 spiro atoms. The van der Waals surface area contributed by atoms with E-state index in [2.05, 4.69) is 10.6 Å². The summed E-state index contributed by atoms with van der Waals surface area (Å²) >= 11 is 0. The summed E-state index contributed by atoms with van der Waals surface area (Å²) in [6, 6.07) is 6.90. The van der Waals surface area contributed by atoms with Crippen LogP contribution in [-0.2, 0) is 20.9 Å². The number of carbonyl (C=O) groups is 3. The largest absolute Gasteiger partial charge is 0.480 e. The second-order valence-corrected chi connectivity index (χ2v) is 6.33. The molecule has 0 atom stereocenters. The van der Waals surface area contributed by atoms with Gasteiger partial charge in [0.25, 0.3) is 5.91 Å². The molecule has 1 aromatic carbocycles. The molecule has 7 heteroatoms. The van der Waals surface area contributed by atoms with E-state index >= 15 is 0 Å². The highest BCUT2D eigenvalue weighted by molar-refractivity contribution is 5.94. The summed E-state index contributed by atoms with van der Waals surface area (Å²) in [5.74, 6) is -1.35. The number of ether oxygens (including phenoxy) is 1. The molecule has 2 amide bonds. The fourth-order valence-electron chi connectivity index (χ4n) is 1.72. The van der Waals surface area contributed by atoms with Gasteiger partial charge in [-0.3, -0.25) is 9.59 Å². The maximum atomic E-state index is 11.9. The van der Waals surface area contributed by atoms with Crippen molar-refractivity contribution in [1.82, 2.24) is 10.6 Å². The van der Waals surface area contributed by atoms with E-state index in [1.165, 1.54) is 0 Å². The zero-order chi connectivity index (χ0) is 18.2. The van der Waals surface area contributed by atoms with Crippen molar-refractivity contribution < 1.29 is 24.2 Å². The van der Waals surface area contributed by atoms with Crippen LogP contribution in [0.1, 0.15) is 36.7 Å². The number of carboxylic acid groups (broad SMARTS) is 1. The fraction of sp³-hybridized carbons (Fsp3) is 0.471. The van der Waals surface area contributed by atoms with E-state index in [4.69, 9.17) is 9.84 Å². The van der Waals surface area contributed by atoms with Gasteiger partial charge in [0.15, 0.2) is 0 Å². The minimum atomic E-state index is -1.05. The molecule has 0 radical (unpaired) electrons. The van der Waals surface area contributed by atoms with Crippen LogP contribution in [0, 0.1) is 5.41 Å². The van der Waals surface area contributed by atoms with Crippen LogP contribution in [0.15, 0.2) is 24.3 Å². The highest BCUT2D eigenvalue weighted by Gasteiger charge is 2.20. The van der Waals surface area contributed by atoms with Gasteiger partial charge >= 0.3 is 5.97 Å². The molecule has 132 valence electrons. The van der Waals surface area contributed by atoms with Crippen LogP contribution in [0.5, 0.6) is 0 Å². The monoisotopic (exact) mass is 336 g/mol. The van der Waals surface area contributed by atoms with Gasteiger partial charge in [0.1, 0.15) is 6.61 Å². The Kier molecular flexibility index (Phi) is 7.38. The first-order chi connectivity index (χ1) is 11.2. The Bertz CT molecular complexity index is 576. The molecular weight excluding hydrogens is 312 g/mol. The van der Waals surface area contributed by atoms with Gasteiger partial charge < -0.3 is 20.5 Å². The first-order valence-electron chi connectivity index (χ1n) is 7.65. The second-order valence-electron chi connectivity index (χ2n) is 6.33. The molecular formula is C17H24N2O5. The van der Waals surface area contributed by atoms with Gasteiger partial charge in [0.2, 0.25) is 5.91 Å². The number of nitrogens with one attached hydrogen (secondary N) is 2. The van der Waals surface area contributed by atoms with Crippen molar-refractivity contribution in [1.29, 1.82) is 0 Å². The summed E-state index contributed by atoms with van der Waals surface area (Å²) in [5.41, 5.74) is 0.941. The third kappa shape index (κ3) is 7.23. The number of benzene rings is 1. The van der Waals surface area contributed by atoms with Crippen molar-refractivity contribution in [2.45, 2.75) is 27.3 Å². The Morgan fingerprint density at radius 1 is 1.08 bits per heavy atom. The highest BCUT2D eigenvalue weighted by Crippen LogP contribution is 2.13. The number of carboxylic acids is 1. The van der Waals surface area contributed by atoms with E-state index in [1.54, 1.807) is 24.3 Å². The van der Waals surface area contributed by atoms with Crippen LogP contribution in [0.3, 0.4) is 0 Å². The molecule has 0 heterocycles. The van der Waals surface area contributed by atoms with Crippen molar-refractivity contribution in [3.05, 3.63) is 35.4 Å². The van der Waals surface area contributed by atoms with Gasteiger partial charge in [-0.25, -0.2) is 4.79 Å². The molecule has 0 aliphatic heterocycles. The van der Waals surface area contributed by atoms with Crippen molar-refractivity contribution in [2.75, 3.05) is 19.8 Å². The molecule has 0 saturated carbocycles. The van der Waals surface area contributed by atoms with Crippen molar-refractivity contribution in [3.63, 3.8) is 0 Å². The summed E-state index contributed by atoms with van der Waals surface area (Å²) in [6.07, 6.45) is 0. The third-order valence-corrected chi connectivity index (χ3v) is 3.11. The topological polar surface area (TPSA) is 105 Å². The lowest BCUT2D eigenvalue weighted by molar-refractivity contribution is -0.142. The summed E-state index contributed by atoms with van der Waals surface area (Å²) in [6.45, 7) is 5.91. The smallest absolute Gasteiger partial charge is 0.329 e. The molecule has 0 saturated heterocycles. The first-order valence-corrected chi connectivity index (χ1v) is 7.65. The Morgan fingerprint density at radius 3 is 2.25 bits per heavy atom. The first kappa shape index (κ1) is 19.6. The Labute approximate surface area is 141 Å². The van der Waals surface area contributed by atoms with Gasteiger partial charge in [-0.15, -0.1) is 0 Å². The van der Waals surface area contributed by atoms with Crippen LogP contribution < -0.4 is 10.6 Å². The summed E-state index contributed by atoms with van der Waals surface area (Å²) < 4.78 is 4.83. The lowest BCUT2D eigenvalue weighted by atomic mass is 9.95. The van der Waals surface area contributed by atoms with Crippen molar-refractivity contribution >= 4 is 17.8 Å². The van der Waals surface area contributed by atoms with E-state index in [0.29, 0.717) is 12.1 Å². The zero-order valence-corrected chi connectivity index (χ0v) is 14.2. The highest BCUT2D eigenvalue weighted by atomic mass is 16.5. The fourth-order valence-corrected chi connectivity index (χ4v) is 1.72. The number of aliphatic carboxylic acids is 1. The molecule has 0 unspecified atom stereocenters. The minimum Gasteiger partial charge on any atom is -0.480 e. The molecule has 3 N–H and O–H groups in total. The van der Waals surface area contributed by atoms with E-state index in [-0.39, 0.29) is 31.6 Å². The quantitative estimate of drug-likeness (QED) is 0.618. The van der Waals surface area contributed by atoms with E-state index in [1.807, 2.05) is 20.8 Å². The predicted molar refractivity (Wildman–Crippen MR) is 88.5 cm³/mol. The number of hydrogen-bond donors (Lipinski definition) is 3. The Morgan fingerprint density at radius 2 is 1.71 bits per heavy atom. The predicted octanol–water partition coefficient (Wildman–Crippen LogP) is 1.18. The number of hydrogen-bond acceptors (Lipinski definition) is 4. The standard InChI is InChI=1S/C17H24N2O5/c1-17(2,3)16(23)19-10-12-4-6-13(7-5-12)15(22)18-8-9-24-11-14(20)21/h4-7H,8-11H2,1-3H3,(H,18,22)(H,19,23)(H,20,21). The molecule has 0 bridgehead atoms. The van der Waals surface area contributed by atoms with Gasteiger partial charge in [-0.1, -0.05) is 32.9 Å². The summed E-state index contributed by atoms with van der Waals surface area (Å²) in [4.78, 5) is 34.0. The van der Waals surface area contributed by atoms with Crippen LogP contribution in [0.4, 0.5) is 0 Å². The van der Waals surface area contributed by atoms with Gasteiger partial charge in [-0.2, -0.15) is 0 Å². The molecule has 0 aliphatic rings. The van der Waals surface area contributed by atoms with Gasteiger partial charge in [0.05, 0.1) is 6.61 Å². The third-order valence-electron chi connectivity index (χ3n) is 3.11. The van der Waals surface area contributed by atoms with Crippen LogP contribution in [-0.4, -0.2) is 42.6 Å². The average Bonchev–Trinajstić information content (AvgIpc) is 2.51. The lowest BCUT2D eigenvalue weighted by Crippen LogP contribution is -2.34. The number of rotatable bonds is 8. The van der Waals surface area contributed by atoms with E-state index < -0.39 is 11.4 Å². The molecule has 0 fully saturated rings. The second kappa shape index (κ2) is 9.02. The number of amides is 2. The minimum absolute atomic E-state index is 0.0364. The molecule has 1 rings (SSSR count). The molecule has 0 aliphatic carbocycles. The molecule has 0 aromatic heterocycles. The maximum Gasteiger partial charge on any atom is 0.329 e. The van der Waals surface area contributed by atoms with Crippen LogP contribution in [0.25, 0.3) is 0 Å². The maximum absolute atomic E-state index is 11.9. The average molecular weight is 336 g/mol. The van der Waals surface area contributed by atoms with Crippen LogP contribution in [0.2, 0.25) is 0 Å². The molecule has 7 nitrogen and oxygen atoms in total. The van der Waals surface area contributed by atoms with E-state index in [9.17, 15) is 14.4 Å². The van der Waals surface area contributed by atoms with Crippen LogP contribution >= 0.6 is 0 Å². The van der Waals surface area contributed by atoms with Gasteiger partial charge in [0, 0.05) is 24.1 Å². The van der Waals surface area contributed by atoms with Crippen molar-refractivity contribution in [2.24, 2.45) is 5.41 Å². The van der Waals surface area contributed by atoms with Gasteiger partial charge in [-0.05, 0) is 17.7 Å². The number of carbonyl (C=O) groups excluding carboxylic acids is 2. The summed E-state index contributed by atoms with van der Waals surface area (Å²) in [7, 11) is 0. The van der Waals surface area contributed by atoms with Crippen molar-refractivity contribution in [3.8, 4) is 0 Å². The van der Waals surface area contributed by atoms with E-state index in [0.717, 1.165) is 5.56 Å².